The van der Waals surface area contributed by atoms with Crippen molar-refractivity contribution >= 4 is 54.4 Å². The summed E-state index contributed by atoms with van der Waals surface area (Å²) in [5, 5.41) is 9.73. The van der Waals surface area contributed by atoms with E-state index in [1.54, 1.807) is 0 Å². The van der Waals surface area contributed by atoms with Crippen LogP contribution in [0.25, 0.3) is 121 Å². The summed E-state index contributed by atoms with van der Waals surface area (Å²) in [5.41, 5.74) is 15.6. The zero-order valence-corrected chi connectivity index (χ0v) is 34.7. The van der Waals surface area contributed by atoms with Crippen molar-refractivity contribution in [1.82, 2.24) is 18.8 Å². The molecule has 0 radical (unpaired) electrons. The second-order valence-electron chi connectivity index (χ2n) is 16.7. The zero-order valence-electron chi connectivity index (χ0n) is 34.7. The van der Waals surface area contributed by atoms with E-state index in [2.05, 4.69) is 228 Å². The van der Waals surface area contributed by atoms with Gasteiger partial charge in [0.15, 0.2) is 0 Å². The molecule has 0 N–H and O–H groups in total. The maximum Gasteiger partial charge on any atom is 0.138 e. The maximum atomic E-state index is 5.05. The van der Waals surface area contributed by atoms with Crippen molar-refractivity contribution in [3.8, 4) is 67.0 Å². The molecule has 0 aliphatic heterocycles. The van der Waals surface area contributed by atoms with Crippen molar-refractivity contribution in [3.63, 3.8) is 0 Å². The van der Waals surface area contributed by atoms with Crippen LogP contribution in [0.1, 0.15) is 0 Å². The first-order valence-corrected chi connectivity index (χ1v) is 21.8. The number of benzene rings is 9. The van der Waals surface area contributed by atoms with E-state index in [0.717, 1.165) is 44.9 Å². The molecule has 0 bridgehead atoms. The molecule has 0 atom stereocenters. The fourth-order valence-electron chi connectivity index (χ4n) is 9.73. The molecule has 0 unspecified atom stereocenters. The van der Waals surface area contributed by atoms with Crippen LogP contribution in [0, 0.1) is 0 Å². The van der Waals surface area contributed by atoms with Crippen molar-refractivity contribution in [2.24, 2.45) is 0 Å². The second-order valence-corrected chi connectivity index (χ2v) is 16.7. The maximum absolute atomic E-state index is 5.05. The Morgan fingerprint density at radius 3 is 1.00 bits per heavy atom. The molecule has 9 aromatic carbocycles. The van der Waals surface area contributed by atoms with Gasteiger partial charge < -0.3 is 8.80 Å². The fourth-order valence-corrected chi connectivity index (χ4v) is 9.73. The molecule has 13 aromatic rings. The van der Waals surface area contributed by atoms with Crippen LogP contribution in [0.2, 0.25) is 0 Å². The van der Waals surface area contributed by atoms with E-state index in [4.69, 9.17) is 9.97 Å². The van der Waals surface area contributed by atoms with Crippen LogP contribution in [-0.4, -0.2) is 18.8 Å². The molecule has 4 aromatic heterocycles. The Morgan fingerprint density at radius 1 is 0.266 bits per heavy atom. The highest BCUT2D eigenvalue weighted by Crippen LogP contribution is 2.45. The Balaban J connectivity index is 0.860. The van der Waals surface area contributed by atoms with Gasteiger partial charge in [-0.2, -0.15) is 0 Å². The molecule has 64 heavy (non-hydrogen) atoms. The van der Waals surface area contributed by atoms with Crippen LogP contribution in [0.5, 0.6) is 0 Å². The van der Waals surface area contributed by atoms with Crippen molar-refractivity contribution < 1.29 is 0 Å². The first-order chi connectivity index (χ1) is 31.7. The first kappa shape index (κ1) is 36.1. The van der Waals surface area contributed by atoms with E-state index in [0.29, 0.717) is 0 Å². The predicted octanol–water partition coefficient (Wildman–Crippen LogP) is 15.6. The van der Waals surface area contributed by atoms with E-state index < -0.39 is 0 Å². The van der Waals surface area contributed by atoms with Crippen LogP contribution < -0.4 is 0 Å². The molecule has 0 aliphatic rings. The summed E-state index contributed by atoms with van der Waals surface area (Å²) in [6.07, 6.45) is 8.44. The summed E-state index contributed by atoms with van der Waals surface area (Å²) in [4.78, 5) is 10.1. The third-order valence-corrected chi connectivity index (χ3v) is 12.9. The number of imidazole rings is 2. The highest BCUT2D eigenvalue weighted by Gasteiger charge is 2.18. The van der Waals surface area contributed by atoms with Gasteiger partial charge in [0, 0.05) is 35.9 Å². The Hall–Kier alpha value is -8.60. The van der Waals surface area contributed by atoms with Crippen LogP contribution in [0.15, 0.2) is 231 Å². The highest BCUT2D eigenvalue weighted by atomic mass is 15.0. The summed E-state index contributed by atoms with van der Waals surface area (Å²) in [7, 11) is 0. The van der Waals surface area contributed by atoms with Crippen molar-refractivity contribution in [1.29, 1.82) is 0 Å². The molecule has 4 nitrogen and oxygen atoms in total. The van der Waals surface area contributed by atoms with Crippen molar-refractivity contribution in [2.75, 3.05) is 0 Å². The van der Waals surface area contributed by atoms with Gasteiger partial charge in [-0.1, -0.05) is 158 Å². The smallest absolute Gasteiger partial charge is 0.138 e. The Bertz CT molecular complexity index is 3640. The monoisotopic (exact) mass is 814 g/mol. The number of hydrogen-bond acceptors (Lipinski definition) is 2. The molecule has 0 saturated carbocycles. The lowest BCUT2D eigenvalue weighted by atomic mass is 9.85. The molecular weight excluding hydrogens is 777 g/mol. The lowest BCUT2D eigenvalue weighted by molar-refractivity contribution is 1.19. The Labute approximate surface area is 369 Å². The van der Waals surface area contributed by atoms with Gasteiger partial charge in [-0.25, -0.2) is 9.97 Å². The van der Waals surface area contributed by atoms with Crippen molar-refractivity contribution in [2.45, 2.75) is 0 Å². The molecule has 4 heterocycles. The molecule has 0 saturated heterocycles. The summed E-state index contributed by atoms with van der Waals surface area (Å²) in [6, 6.07) is 74.6. The van der Waals surface area contributed by atoms with E-state index in [9.17, 15) is 0 Å². The number of nitrogens with zero attached hydrogens (tertiary/aromatic N) is 4. The van der Waals surface area contributed by atoms with Crippen LogP contribution in [0.4, 0.5) is 0 Å². The number of fused-ring (bicyclic) bond motifs is 6. The normalized spacial score (nSPS) is 11.8. The number of pyridine rings is 2. The minimum absolute atomic E-state index is 0.935. The first-order valence-electron chi connectivity index (χ1n) is 21.8. The van der Waals surface area contributed by atoms with Gasteiger partial charge in [-0.3, -0.25) is 0 Å². The van der Waals surface area contributed by atoms with Gasteiger partial charge in [0.2, 0.25) is 0 Å². The van der Waals surface area contributed by atoms with Gasteiger partial charge in [0.05, 0.1) is 11.4 Å². The number of hydrogen-bond donors (Lipinski definition) is 0. The fraction of sp³-hybridized carbons (Fsp3) is 0. The predicted molar refractivity (Wildman–Crippen MR) is 267 cm³/mol. The largest absolute Gasteiger partial charge is 0.306 e. The van der Waals surface area contributed by atoms with E-state index in [1.807, 2.05) is 12.1 Å². The molecule has 4 heteroatoms. The minimum Gasteiger partial charge on any atom is -0.306 e. The average Bonchev–Trinajstić information content (AvgIpc) is 4.00. The SMILES string of the molecule is c1ccc(-c2ccn3cc(-c4ccc5cc(-c6c7ccccc7c(-c7ccc8cc(-c9cn%10ccc(-c%11ccccc%11)cc%10n9)ccc8c7)c7ccccc67)ccc5c4)nc3c2)cc1. The van der Waals surface area contributed by atoms with E-state index in [-0.39, 0.29) is 0 Å². The Morgan fingerprint density at radius 2 is 0.609 bits per heavy atom. The standard InChI is InChI=1S/C60H38N4/c1-3-11-39(12-4-1)45-27-29-63-37-55(61-57(63)35-45)47-23-19-43-33-49(25-21-41(43)31-47)59-51-15-7-9-17-53(51)60(54-18-10-8-16-52(54)59)50-26-22-42-32-48(24-20-44(42)34-50)56-38-64-30-28-46(36-58(64)62-56)40-13-5-2-6-14-40/h1-38H. The van der Waals surface area contributed by atoms with Gasteiger partial charge in [0.25, 0.3) is 0 Å². The summed E-state index contributed by atoms with van der Waals surface area (Å²) >= 11 is 0. The minimum atomic E-state index is 0.935. The molecule has 0 amide bonds. The lowest BCUT2D eigenvalue weighted by Crippen LogP contribution is -1.91. The van der Waals surface area contributed by atoms with Crippen LogP contribution in [0.3, 0.4) is 0 Å². The molecular formula is C60H38N4. The summed E-state index contributed by atoms with van der Waals surface area (Å²) in [5.74, 6) is 0. The van der Waals surface area contributed by atoms with Gasteiger partial charge in [0.1, 0.15) is 11.3 Å². The van der Waals surface area contributed by atoms with Gasteiger partial charge >= 0.3 is 0 Å². The third-order valence-electron chi connectivity index (χ3n) is 12.9. The van der Waals surface area contributed by atoms with E-state index >= 15 is 0 Å². The van der Waals surface area contributed by atoms with Crippen molar-refractivity contribution in [3.05, 3.63) is 231 Å². The zero-order chi connectivity index (χ0) is 42.1. The lowest BCUT2D eigenvalue weighted by Gasteiger charge is -2.18. The van der Waals surface area contributed by atoms with Crippen LogP contribution in [-0.2, 0) is 0 Å². The average molecular weight is 815 g/mol. The summed E-state index contributed by atoms with van der Waals surface area (Å²) in [6.45, 7) is 0. The molecule has 0 fully saturated rings. The molecule has 298 valence electrons. The van der Waals surface area contributed by atoms with Gasteiger partial charge in [-0.15, -0.1) is 0 Å². The van der Waals surface area contributed by atoms with Crippen LogP contribution >= 0.6 is 0 Å². The molecule has 0 spiro atoms. The molecule has 13 rings (SSSR count). The summed E-state index contributed by atoms with van der Waals surface area (Å²) < 4.78 is 4.21. The number of aromatic nitrogens is 4. The topological polar surface area (TPSA) is 34.6 Å². The second kappa shape index (κ2) is 14.5. The van der Waals surface area contributed by atoms with Gasteiger partial charge in [-0.05, 0) is 136 Å². The molecule has 0 aliphatic carbocycles. The van der Waals surface area contributed by atoms with E-state index in [1.165, 1.54) is 76.5 Å². The Kier molecular flexibility index (Phi) is 8.18. The third kappa shape index (κ3) is 6.07. The quantitative estimate of drug-likeness (QED) is 0.157. The number of rotatable bonds is 6. The highest BCUT2D eigenvalue weighted by molar-refractivity contribution is 6.22.